The van der Waals surface area contributed by atoms with Crippen molar-refractivity contribution >= 4 is 29.3 Å². The summed E-state index contributed by atoms with van der Waals surface area (Å²) in [6, 6.07) is 12.4. The Balaban J connectivity index is 0.000000960. The van der Waals surface area contributed by atoms with E-state index < -0.39 is 0 Å². The number of aryl methyl sites for hydroxylation is 1. The van der Waals surface area contributed by atoms with Crippen molar-refractivity contribution in [1.82, 2.24) is 15.0 Å². The average Bonchev–Trinajstić information content (AvgIpc) is 3.16. The number of aromatic nitrogens is 3. The van der Waals surface area contributed by atoms with E-state index in [-0.39, 0.29) is 17.9 Å². The molecule has 2 aromatic heterocycles. The number of nitrogens with one attached hydrogen (secondary N) is 1. The summed E-state index contributed by atoms with van der Waals surface area (Å²) in [4.78, 5) is 14.9. The van der Waals surface area contributed by atoms with Crippen molar-refractivity contribution in [2.45, 2.75) is 13.3 Å². The molecule has 3 aromatic rings. The Bertz CT molecular complexity index is 829. The van der Waals surface area contributed by atoms with Crippen LogP contribution in [0.3, 0.4) is 0 Å². The average molecular weight is 331 g/mol. The van der Waals surface area contributed by atoms with Gasteiger partial charge in [0.25, 0.3) is 0 Å². The summed E-state index contributed by atoms with van der Waals surface area (Å²) in [5.74, 6) is 1.77. The summed E-state index contributed by atoms with van der Waals surface area (Å²) in [6.07, 6.45) is 5.34. The van der Waals surface area contributed by atoms with E-state index in [9.17, 15) is 0 Å². The number of nitrogens with zero attached hydrogens (tertiary/aromatic N) is 3. The quantitative estimate of drug-likeness (QED) is 0.783. The van der Waals surface area contributed by atoms with Gasteiger partial charge in [0.15, 0.2) is 5.82 Å². The Morgan fingerprint density at radius 3 is 2.61 bits per heavy atom. The van der Waals surface area contributed by atoms with Crippen molar-refractivity contribution in [3.8, 4) is 11.3 Å². The molecule has 120 valence electrons. The molecule has 0 bridgehead atoms. The summed E-state index contributed by atoms with van der Waals surface area (Å²) >= 11 is 0. The Kier molecular flexibility index (Phi) is 5.03. The van der Waals surface area contributed by atoms with Gasteiger partial charge in [0.05, 0.1) is 5.52 Å². The van der Waals surface area contributed by atoms with Gasteiger partial charge in [-0.15, -0.1) is 12.4 Å². The summed E-state index contributed by atoms with van der Waals surface area (Å²) in [6.45, 7) is 2.92. The second kappa shape index (κ2) is 6.81. The van der Waals surface area contributed by atoms with Crippen molar-refractivity contribution < 1.29 is 5.48 Å². The summed E-state index contributed by atoms with van der Waals surface area (Å²) in [5.41, 5.74) is 4.22. The molecule has 3 heterocycles. The van der Waals surface area contributed by atoms with Crippen molar-refractivity contribution in [3.05, 3.63) is 54.5 Å². The molecule has 0 aliphatic carbocycles. The van der Waals surface area contributed by atoms with Crippen LogP contribution < -0.4 is 4.90 Å². The van der Waals surface area contributed by atoms with Gasteiger partial charge in [0, 0.05) is 18.4 Å². The van der Waals surface area contributed by atoms with Crippen LogP contribution in [0, 0.1) is 6.92 Å². The normalized spacial score (nSPS) is 13.0. The number of benzene rings is 1. The predicted octanol–water partition coefficient (Wildman–Crippen LogP) is 3.25. The van der Waals surface area contributed by atoms with Gasteiger partial charge in [-0.1, -0.05) is 36.4 Å². The standard InChI is InChI=1S/C17H16N4.ClH.H2O/c1-12-18-15-11-14(13-7-3-2-4-8-13)20-16(15)17(19-12)21-9-5-6-10-21;;/h2-5,7-9,11,20H,6,10H2,1H3;1H;1H2. The zero-order valence-electron chi connectivity index (χ0n) is 12.8. The molecular formula is C17H19ClN4O. The molecule has 3 N–H and O–H groups in total. The lowest BCUT2D eigenvalue weighted by molar-refractivity contribution is 0.824. The molecule has 4 rings (SSSR count). The van der Waals surface area contributed by atoms with Gasteiger partial charge >= 0.3 is 0 Å². The third kappa shape index (κ3) is 3.06. The van der Waals surface area contributed by atoms with Gasteiger partial charge in [0.1, 0.15) is 11.3 Å². The summed E-state index contributed by atoms with van der Waals surface area (Å²) in [7, 11) is 0. The first-order valence-corrected chi connectivity index (χ1v) is 7.17. The van der Waals surface area contributed by atoms with E-state index in [0.29, 0.717) is 0 Å². The van der Waals surface area contributed by atoms with Crippen LogP contribution in [0.4, 0.5) is 5.82 Å². The third-order valence-corrected chi connectivity index (χ3v) is 3.75. The second-order valence-corrected chi connectivity index (χ2v) is 5.27. The highest BCUT2D eigenvalue weighted by Crippen LogP contribution is 2.29. The highest BCUT2D eigenvalue weighted by atomic mass is 35.5. The van der Waals surface area contributed by atoms with Crippen LogP contribution >= 0.6 is 12.4 Å². The fourth-order valence-corrected chi connectivity index (χ4v) is 2.76. The maximum atomic E-state index is 4.62. The van der Waals surface area contributed by atoms with Crippen LogP contribution in [0.25, 0.3) is 22.3 Å². The van der Waals surface area contributed by atoms with Crippen molar-refractivity contribution in [2.75, 3.05) is 11.4 Å². The Morgan fingerprint density at radius 1 is 1.13 bits per heavy atom. The Labute approximate surface area is 140 Å². The van der Waals surface area contributed by atoms with E-state index in [1.165, 1.54) is 0 Å². The summed E-state index contributed by atoms with van der Waals surface area (Å²) in [5, 5.41) is 0. The number of hydrogen-bond acceptors (Lipinski definition) is 3. The van der Waals surface area contributed by atoms with Crippen LogP contribution in [-0.2, 0) is 0 Å². The van der Waals surface area contributed by atoms with E-state index in [0.717, 1.165) is 46.9 Å². The van der Waals surface area contributed by atoms with E-state index in [1.54, 1.807) is 0 Å². The van der Waals surface area contributed by atoms with Crippen molar-refractivity contribution in [1.29, 1.82) is 0 Å². The molecule has 1 aromatic carbocycles. The minimum atomic E-state index is 0. The lowest BCUT2D eigenvalue weighted by Gasteiger charge is -2.15. The summed E-state index contributed by atoms with van der Waals surface area (Å²) < 4.78 is 0. The van der Waals surface area contributed by atoms with Crippen LogP contribution in [0.5, 0.6) is 0 Å². The van der Waals surface area contributed by atoms with Gasteiger partial charge in [0.2, 0.25) is 0 Å². The van der Waals surface area contributed by atoms with Gasteiger partial charge in [-0.2, -0.15) is 0 Å². The molecule has 1 aliphatic rings. The van der Waals surface area contributed by atoms with E-state index in [1.807, 2.05) is 25.1 Å². The number of H-pyrrole nitrogens is 1. The minimum Gasteiger partial charge on any atom is -0.412 e. The van der Waals surface area contributed by atoms with E-state index >= 15 is 0 Å². The lowest BCUT2D eigenvalue weighted by atomic mass is 10.2. The van der Waals surface area contributed by atoms with Gasteiger partial charge in [-0.3, -0.25) is 0 Å². The van der Waals surface area contributed by atoms with Crippen molar-refractivity contribution in [3.63, 3.8) is 0 Å². The molecule has 0 atom stereocenters. The van der Waals surface area contributed by atoms with Gasteiger partial charge in [-0.25, -0.2) is 9.97 Å². The highest BCUT2D eigenvalue weighted by molar-refractivity contribution is 5.91. The van der Waals surface area contributed by atoms with Crippen LogP contribution in [0.1, 0.15) is 12.2 Å². The zero-order valence-corrected chi connectivity index (χ0v) is 13.6. The number of hydrogen-bond donors (Lipinski definition) is 1. The fraction of sp³-hybridized carbons (Fsp3) is 0.176. The Morgan fingerprint density at radius 2 is 1.91 bits per heavy atom. The number of aromatic amines is 1. The number of rotatable bonds is 2. The first-order chi connectivity index (χ1) is 10.3. The number of fused-ring (bicyclic) bond motifs is 1. The molecule has 0 amide bonds. The number of anilines is 1. The first kappa shape index (κ1) is 17.0. The molecule has 0 fully saturated rings. The molecule has 1 aliphatic heterocycles. The van der Waals surface area contributed by atoms with E-state index in [4.69, 9.17) is 0 Å². The SMILES string of the molecule is Cc1nc(N2C=CCC2)c2[nH]c(-c3ccccc3)cc2n1.Cl.O. The first-order valence-electron chi connectivity index (χ1n) is 7.17. The maximum absolute atomic E-state index is 4.62. The molecule has 6 heteroatoms. The highest BCUT2D eigenvalue weighted by Gasteiger charge is 2.16. The number of halogens is 1. The van der Waals surface area contributed by atoms with Crippen LogP contribution in [0.15, 0.2) is 48.7 Å². The Hall–Kier alpha value is -2.37. The fourth-order valence-electron chi connectivity index (χ4n) is 2.76. The van der Waals surface area contributed by atoms with Crippen LogP contribution in [0.2, 0.25) is 0 Å². The zero-order chi connectivity index (χ0) is 14.2. The second-order valence-electron chi connectivity index (χ2n) is 5.27. The molecule has 0 radical (unpaired) electrons. The molecule has 23 heavy (non-hydrogen) atoms. The van der Waals surface area contributed by atoms with Gasteiger partial charge in [-0.05, 0) is 25.0 Å². The molecule has 0 spiro atoms. The lowest BCUT2D eigenvalue weighted by Crippen LogP contribution is -2.15. The molecule has 0 saturated carbocycles. The smallest absolute Gasteiger partial charge is 0.160 e. The molecular weight excluding hydrogens is 312 g/mol. The van der Waals surface area contributed by atoms with Crippen molar-refractivity contribution in [2.24, 2.45) is 0 Å². The maximum Gasteiger partial charge on any atom is 0.160 e. The molecule has 5 nitrogen and oxygen atoms in total. The molecule has 0 unspecified atom stereocenters. The molecule has 0 saturated heterocycles. The topological polar surface area (TPSA) is 76.3 Å². The third-order valence-electron chi connectivity index (χ3n) is 3.75. The minimum absolute atomic E-state index is 0. The van der Waals surface area contributed by atoms with Crippen LogP contribution in [-0.4, -0.2) is 27.0 Å². The van der Waals surface area contributed by atoms with Gasteiger partial charge < -0.3 is 15.4 Å². The largest absolute Gasteiger partial charge is 0.412 e. The monoisotopic (exact) mass is 330 g/mol. The van der Waals surface area contributed by atoms with E-state index in [2.05, 4.69) is 50.3 Å². The predicted molar refractivity (Wildman–Crippen MR) is 96.0 cm³/mol.